The second-order valence-electron chi connectivity index (χ2n) is 6.40. The Morgan fingerprint density at radius 1 is 1.14 bits per heavy atom. The average molecular weight is 384 g/mol. The molecule has 0 bridgehead atoms. The Morgan fingerprint density at radius 3 is 2.54 bits per heavy atom. The van der Waals surface area contributed by atoms with Crippen LogP contribution in [0.15, 0.2) is 54.6 Å². The van der Waals surface area contributed by atoms with Gasteiger partial charge in [-0.05, 0) is 31.5 Å². The maximum atomic E-state index is 12.2. The molecular formula is C20H24N4O4. The summed E-state index contributed by atoms with van der Waals surface area (Å²) in [5, 5.41) is 16.1. The minimum Gasteiger partial charge on any atom is -0.375 e. The van der Waals surface area contributed by atoms with Crippen molar-refractivity contribution in [1.29, 1.82) is 0 Å². The van der Waals surface area contributed by atoms with Crippen molar-refractivity contribution in [1.82, 2.24) is 10.6 Å². The first-order valence-corrected chi connectivity index (χ1v) is 8.97. The minimum atomic E-state index is -0.751. The van der Waals surface area contributed by atoms with Crippen LogP contribution in [0.5, 0.6) is 0 Å². The molecule has 1 unspecified atom stereocenters. The molecule has 0 saturated heterocycles. The first kappa shape index (κ1) is 20.9. The van der Waals surface area contributed by atoms with E-state index in [0.717, 1.165) is 18.7 Å². The van der Waals surface area contributed by atoms with Gasteiger partial charge >= 0.3 is 0 Å². The second-order valence-corrected chi connectivity index (χ2v) is 6.40. The van der Waals surface area contributed by atoms with Gasteiger partial charge in [-0.15, -0.1) is 0 Å². The van der Waals surface area contributed by atoms with Gasteiger partial charge in [-0.3, -0.25) is 19.7 Å². The number of rotatable bonds is 9. The Balaban J connectivity index is 1.75. The summed E-state index contributed by atoms with van der Waals surface area (Å²) in [4.78, 5) is 36.7. The fourth-order valence-electron chi connectivity index (χ4n) is 2.60. The number of nitrogens with zero attached hydrogens (tertiary/aromatic N) is 2. The zero-order valence-corrected chi connectivity index (χ0v) is 15.9. The lowest BCUT2D eigenvalue weighted by Crippen LogP contribution is -2.45. The highest BCUT2D eigenvalue weighted by Crippen LogP contribution is 2.13. The summed E-state index contributed by atoms with van der Waals surface area (Å²) >= 11 is 0. The zero-order valence-electron chi connectivity index (χ0n) is 15.9. The maximum Gasteiger partial charge on any atom is 0.270 e. The number of benzene rings is 2. The van der Waals surface area contributed by atoms with Crippen LogP contribution in [0.2, 0.25) is 0 Å². The number of anilines is 1. The van der Waals surface area contributed by atoms with Crippen molar-refractivity contribution in [3.63, 3.8) is 0 Å². The van der Waals surface area contributed by atoms with Gasteiger partial charge in [0.25, 0.3) is 11.6 Å². The van der Waals surface area contributed by atoms with Crippen LogP contribution >= 0.6 is 0 Å². The standard InChI is InChI=1S/C20H24N4O4/c1-15(22-20(26)16-8-6-11-18(14-16)24(27)28)19(25)21-12-7-13-23(2)17-9-4-3-5-10-17/h3-6,8-11,14-15H,7,12-13H2,1-2H3,(H,21,25)(H,22,26). The van der Waals surface area contributed by atoms with Gasteiger partial charge in [0, 0.05) is 43.5 Å². The van der Waals surface area contributed by atoms with E-state index in [1.54, 1.807) is 6.92 Å². The highest BCUT2D eigenvalue weighted by molar-refractivity contribution is 5.97. The summed E-state index contributed by atoms with van der Waals surface area (Å²) in [6.07, 6.45) is 0.753. The topological polar surface area (TPSA) is 105 Å². The minimum absolute atomic E-state index is 0.137. The van der Waals surface area contributed by atoms with E-state index in [2.05, 4.69) is 15.5 Å². The Morgan fingerprint density at radius 2 is 1.86 bits per heavy atom. The fraction of sp³-hybridized carbons (Fsp3) is 0.300. The molecule has 0 fully saturated rings. The van der Waals surface area contributed by atoms with Gasteiger partial charge in [0.05, 0.1) is 4.92 Å². The first-order valence-electron chi connectivity index (χ1n) is 8.97. The zero-order chi connectivity index (χ0) is 20.5. The molecule has 0 saturated carbocycles. The summed E-state index contributed by atoms with van der Waals surface area (Å²) in [5.74, 6) is -0.837. The predicted octanol–water partition coefficient (Wildman–Crippen LogP) is 2.36. The summed E-state index contributed by atoms with van der Waals surface area (Å²) in [6.45, 7) is 2.83. The summed E-state index contributed by atoms with van der Waals surface area (Å²) < 4.78 is 0. The fourth-order valence-corrected chi connectivity index (χ4v) is 2.60. The predicted molar refractivity (Wildman–Crippen MR) is 107 cm³/mol. The lowest BCUT2D eigenvalue weighted by atomic mass is 10.1. The van der Waals surface area contributed by atoms with Crippen LogP contribution in [0.1, 0.15) is 23.7 Å². The molecule has 0 aromatic heterocycles. The number of non-ortho nitro benzene ring substituents is 1. The maximum absolute atomic E-state index is 12.2. The molecule has 2 aromatic carbocycles. The molecule has 28 heavy (non-hydrogen) atoms. The van der Waals surface area contributed by atoms with Gasteiger partial charge in [-0.2, -0.15) is 0 Å². The lowest BCUT2D eigenvalue weighted by molar-refractivity contribution is -0.384. The SMILES string of the molecule is CC(NC(=O)c1cccc([N+](=O)[O-])c1)C(=O)NCCCN(C)c1ccccc1. The van der Waals surface area contributed by atoms with Crippen molar-refractivity contribution < 1.29 is 14.5 Å². The molecule has 8 nitrogen and oxygen atoms in total. The van der Waals surface area contributed by atoms with Crippen molar-refractivity contribution >= 4 is 23.2 Å². The van der Waals surface area contributed by atoms with Gasteiger partial charge in [-0.1, -0.05) is 24.3 Å². The normalized spacial score (nSPS) is 11.4. The summed E-state index contributed by atoms with van der Waals surface area (Å²) in [7, 11) is 1.99. The third-order valence-electron chi connectivity index (χ3n) is 4.23. The summed E-state index contributed by atoms with van der Waals surface area (Å²) in [5.41, 5.74) is 1.07. The monoisotopic (exact) mass is 384 g/mol. The van der Waals surface area contributed by atoms with Crippen molar-refractivity contribution in [2.75, 3.05) is 25.0 Å². The van der Waals surface area contributed by atoms with Crippen molar-refractivity contribution in [2.24, 2.45) is 0 Å². The van der Waals surface area contributed by atoms with E-state index in [0.29, 0.717) is 6.54 Å². The Labute approximate surface area is 163 Å². The molecule has 1 atom stereocenters. The van der Waals surface area contributed by atoms with E-state index in [-0.39, 0.29) is 17.2 Å². The number of para-hydroxylation sites is 1. The van der Waals surface area contributed by atoms with Gasteiger partial charge < -0.3 is 15.5 Å². The van der Waals surface area contributed by atoms with Crippen LogP contribution < -0.4 is 15.5 Å². The molecule has 0 radical (unpaired) electrons. The van der Waals surface area contributed by atoms with Crippen LogP contribution in [0.4, 0.5) is 11.4 Å². The lowest BCUT2D eigenvalue weighted by Gasteiger charge is -2.19. The van der Waals surface area contributed by atoms with Gasteiger partial charge in [0.2, 0.25) is 5.91 Å². The van der Waals surface area contributed by atoms with E-state index in [9.17, 15) is 19.7 Å². The van der Waals surface area contributed by atoms with Crippen LogP contribution in [0, 0.1) is 10.1 Å². The van der Waals surface area contributed by atoms with Crippen molar-refractivity contribution in [2.45, 2.75) is 19.4 Å². The van der Waals surface area contributed by atoms with Crippen LogP contribution in [0.25, 0.3) is 0 Å². The quantitative estimate of drug-likeness (QED) is 0.392. The van der Waals surface area contributed by atoms with E-state index in [4.69, 9.17) is 0 Å². The molecule has 0 heterocycles. The molecule has 0 aliphatic heterocycles. The smallest absolute Gasteiger partial charge is 0.270 e. The number of hydrogen-bond acceptors (Lipinski definition) is 5. The molecule has 8 heteroatoms. The molecule has 2 amide bonds. The van der Waals surface area contributed by atoms with Gasteiger partial charge in [0.15, 0.2) is 0 Å². The van der Waals surface area contributed by atoms with E-state index < -0.39 is 16.9 Å². The number of hydrogen-bond donors (Lipinski definition) is 2. The first-order chi connectivity index (χ1) is 13.4. The summed E-state index contributed by atoms with van der Waals surface area (Å²) in [6, 6.07) is 14.6. The number of nitro benzene ring substituents is 1. The second kappa shape index (κ2) is 10.1. The number of nitrogens with one attached hydrogen (secondary N) is 2. The third-order valence-corrected chi connectivity index (χ3v) is 4.23. The van der Waals surface area contributed by atoms with E-state index in [1.807, 2.05) is 37.4 Å². The van der Waals surface area contributed by atoms with E-state index >= 15 is 0 Å². The highest BCUT2D eigenvalue weighted by Gasteiger charge is 2.18. The number of nitro groups is 1. The molecule has 2 aromatic rings. The van der Waals surface area contributed by atoms with Crippen molar-refractivity contribution in [3.05, 3.63) is 70.3 Å². The van der Waals surface area contributed by atoms with Crippen LogP contribution in [-0.2, 0) is 4.79 Å². The Bertz CT molecular complexity index is 826. The molecule has 0 spiro atoms. The van der Waals surface area contributed by atoms with Crippen molar-refractivity contribution in [3.8, 4) is 0 Å². The highest BCUT2D eigenvalue weighted by atomic mass is 16.6. The number of amides is 2. The average Bonchev–Trinajstić information content (AvgIpc) is 2.71. The van der Waals surface area contributed by atoms with Crippen LogP contribution in [-0.4, -0.2) is 42.9 Å². The largest absolute Gasteiger partial charge is 0.375 e. The van der Waals surface area contributed by atoms with Gasteiger partial charge in [0.1, 0.15) is 6.04 Å². The Hall–Kier alpha value is -3.42. The molecule has 0 aliphatic carbocycles. The molecule has 148 valence electrons. The molecule has 2 N–H and O–H groups in total. The Kier molecular flexibility index (Phi) is 7.50. The molecule has 0 aliphatic rings. The van der Waals surface area contributed by atoms with Crippen LogP contribution in [0.3, 0.4) is 0 Å². The van der Waals surface area contributed by atoms with E-state index in [1.165, 1.54) is 24.3 Å². The molecular weight excluding hydrogens is 360 g/mol. The molecule has 2 rings (SSSR count). The third kappa shape index (κ3) is 6.08. The van der Waals surface area contributed by atoms with Gasteiger partial charge in [-0.25, -0.2) is 0 Å². The number of carbonyl (C=O) groups excluding carboxylic acids is 2. The number of carbonyl (C=O) groups is 2.